The minimum Gasteiger partial charge on any atom is -0.480 e. The van der Waals surface area contributed by atoms with E-state index in [4.69, 9.17) is 21.4 Å². The summed E-state index contributed by atoms with van der Waals surface area (Å²) >= 11 is 5.88. The second-order valence-corrected chi connectivity index (χ2v) is 5.24. The van der Waals surface area contributed by atoms with Gasteiger partial charge in [0.25, 0.3) is 0 Å². The van der Waals surface area contributed by atoms with Crippen LogP contribution in [0.1, 0.15) is 39.5 Å². The van der Waals surface area contributed by atoms with Gasteiger partial charge in [-0.3, -0.25) is 4.79 Å². The predicted molar refractivity (Wildman–Crippen MR) is 81.2 cm³/mol. The molecule has 0 aliphatic heterocycles. The van der Waals surface area contributed by atoms with Gasteiger partial charge in [0.05, 0.1) is 18.4 Å². The number of aromatic nitrogens is 2. The Labute approximate surface area is 132 Å². The van der Waals surface area contributed by atoms with Crippen LogP contribution in [0.15, 0.2) is 12.3 Å². The number of ether oxygens (including phenoxy) is 1. The van der Waals surface area contributed by atoms with Crippen LogP contribution in [0, 0.1) is 13.8 Å². The van der Waals surface area contributed by atoms with Crippen LogP contribution in [0.2, 0.25) is 0 Å². The Bertz CT molecular complexity index is 761. The molecule has 2 aromatic rings. The molecular weight excluding hydrogens is 308 g/mol. The van der Waals surface area contributed by atoms with Crippen molar-refractivity contribution in [1.82, 2.24) is 10.2 Å². The number of rotatable bonds is 4. The van der Waals surface area contributed by atoms with E-state index in [0.717, 1.165) is 0 Å². The second kappa shape index (κ2) is 6.27. The van der Waals surface area contributed by atoms with Gasteiger partial charge in [-0.05, 0) is 38.0 Å². The molecule has 0 bridgehead atoms. The highest BCUT2D eigenvalue weighted by Gasteiger charge is 2.24. The number of carbonyl (C=O) groups excluding carboxylic acids is 1. The molecule has 0 aliphatic rings. The maximum absolute atomic E-state index is 12.1. The summed E-state index contributed by atoms with van der Waals surface area (Å²) in [4.78, 5) is 23.2. The van der Waals surface area contributed by atoms with Crippen molar-refractivity contribution < 1.29 is 19.4 Å². The maximum atomic E-state index is 12.1. The molecule has 6 nitrogen and oxygen atoms in total. The van der Waals surface area contributed by atoms with Crippen molar-refractivity contribution in [2.75, 3.05) is 6.61 Å². The number of aryl methyl sites for hydroxylation is 2. The molecule has 116 valence electrons. The summed E-state index contributed by atoms with van der Waals surface area (Å²) in [6, 6.07) is 1.69. The number of hydrogen-bond donors (Lipinski definition) is 1. The third kappa shape index (κ3) is 2.74. The number of carboxylic acids is 1. The summed E-state index contributed by atoms with van der Waals surface area (Å²) in [6.07, 6.45) is 1.49. The predicted octanol–water partition coefficient (Wildman–Crippen LogP) is 2.79. The first-order valence-corrected chi connectivity index (χ1v) is 7.11. The summed E-state index contributed by atoms with van der Waals surface area (Å²) in [5, 5.41) is 16.6. The molecule has 0 amide bonds. The van der Waals surface area contributed by atoms with Gasteiger partial charge in [-0.15, -0.1) is 11.6 Å². The van der Waals surface area contributed by atoms with E-state index in [0.29, 0.717) is 27.5 Å². The SMILES string of the molecule is CCOC(=O)c1c(C)cc2c(C(Cl)C(=O)O)nncc2c1C. The molecule has 1 unspecified atom stereocenters. The third-order valence-electron chi connectivity index (χ3n) is 3.39. The summed E-state index contributed by atoms with van der Waals surface area (Å²) in [5.41, 5.74) is 1.95. The first-order chi connectivity index (χ1) is 10.4. The lowest BCUT2D eigenvalue weighted by Crippen LogP contribution is -2.12. The lowest BCUT2D eigenvalue weighted by atomic mass is 9.95. The minimum absolute atomic E-state index is 0.160. The van der Waals surface area contributed by atoms with Gasteiger partial charge < -0.3 is 9.84 Å². The molecule has 0 fully saturated rings. The van der Waals surface area contributed by atoms with Crippen LogP contribution in [0.25, 0.3) is 10.8 Å². The number of nitrogens with zero attached hydrogens (tertiary/aromatic N) is 2. The Morgan fingerprint density at radius 3 is 2.64 bits per heavy atom. The van der Waals surface area contributed by atoms with Crippen LogP contribution in [0.5, 0.6) is 0 Å². The number of hydrogen-bond acceptors (Lipinski definition) is 5. The number of carbonyl (C=O) groups is 2. The molecule has 22 heavy (non-hydrogen) atoms. The van der Waals surface area contributed by atoms with E-state index in [1.807, 2.05) is 0 Å². The van der Waals surface area contributed by atoms with Gasteiger partial charge in [-0.2, -0.15) is 10.2 Å². The third-order valence-corrected chi connectivity index (χ3v) is 3.78. The molecule has 0 saturated heterocycles. The van der Waals surface area contributed by atoms with E-state index < -0.39 is 17.3 Å². The molecular formula is C15H15ClN2O4. The number of aliphatic carboxylic acids is 1. The van der Waals surface area contributed by atoms with Crippen molar-refractivity contribution in [3.8, 4) is 0 Å². The highest BCUT2D eigenvalue weighted by atomic mass is 35.5. The fraction of sp³-hybridized carbons (Fsp3) is 0.333. The van der Waals surface area contributed by atoms with Gasteiger partial charge in [0.2, 0.25) is 0 Å². The zero-order valence-electron chi connectivity index (χ0n) is 12.4. The van der Waals surface area contributed by atoms with Crippen molar-refractivity contribution in [1.29, 1.82) is 0 Å². The van der Waals surface area contributed by atoms with E-state index in [9.17, 15) is 9.59 Å². The second-order valence-electron chi connectivity index (χ2n) is 4.81. The zero-order chi connectivity index (χ0) is 16.4. The minimum atomic E-state index is -1.30. The fourth-order valence-electron chi connectivity index (χ4n) is 2.40. The summed E-state index contributed by atoms with van der Waals surface area (Å²) in [7, 11) is 0. The first-order valence-electron chi connectivity index (χ1n) is 6.68. The largest absolute Gasteiger partial charge is 0.480 e. The highest BCUT2D eigenvalue weighted by molar-refractivity contribution is 6.30. The van der Waals surface area contributed by atoms with Crippen LogP contribution in [-0.4, -0.2) is 33.8 Å². The monoisotopic (exact) mass is 322 g/mol. The molecule has 0 saturated carbocycles. The van der Waals surface area contributed by atoms with Gasteiger partial charge in [0.15, 0.2) is 5.38 Å². The van der Waals surface area contributed by atoms with E-state index in [1.165, 1.54) is 6.20 Å². The lowest BCUT2D eigenvalue weighted by Gasteiger charge is -2.14. The van der Waals surface area contributed by atoms with E-state index >= 15 is 0 Å². The number of alkyl halides is 1. The van der Waals surface area contributed by atoms with E-state index in [2.05, 4.69) is 10.2 Å². The molecule has 0 radical (unpaired) electrons. The smallest absolute Gasteiger partial charge is 0.338 e. The van der Waals surface area contributed by atoms with Crippen LogP contribution >= 0.6 is 11.6 Å². The van der Waals surface area contributed by atoms with Gasteiger partial charge in [0.1, 0.15) is 5.69 Å². The fourth-order valence-corrected chi connectivity index (χ4v) is 2.56. The summed E-state index contributed by atoms with van der Waals surface area (Å²) in [6.45, 7) is 5.53. The first kappa shape index (κ1) is 16.2. The van der Waals surface area contributed by atoms with Crippen LogP contribution in [0.3, 0.4) is 0 Å². The summed E-state index contributed by atoms with van der Waals surface area (Å²) < 4.78 is 5.06. The van der Waals surface area contributed by atoms with Crippen molar-refractivity contribution >= 4 is 34.3 Å². The number of halogens is 1. The van der Waals surface area contributed by atoms with E-state index in [-0.39, 0.29) is 12.3 Å². The molecule has 1 N–H and O–H groups in total. The molecule has 7 heteroatoms. The Morgan fingerprint density at radius 1 is 1.36 bits per heavy atom. The van der Waals surface area contributed by atoms with Crippen molar-refractivity contribution in [2.45, 2.75) is 26.1 Å². The van der Waals surface area contributed by atoms with Crippen molar-refractivity contribution in [2.24, 2.45) is 0 Å². The van der Waals surface area contributed by atoms with Gasteiger partial charge in [-0.25, -0.2) is 4.79 Å². The van der Waals surface area contributed by atoms with Gasteiger partial charge in [-0.1, -0.05) is 0 Å². The Balaban J connectivity index is 2.73. The van der Waals surface area contributed by atoms with Gasteiger partial charge in [0, 0.05) is 10.8 Å². The Hall–Kier alpha value is -2.21. The molecule has 0 spiro atoms. The zero-order valence-corrected chi connectivity index (χ0v) is 13.1. The lowest BCUT2D eigenvalue weighted by molar-refractivity contribution is -0.136. The molecule has 0 aliphatic carbocycles. The number of benzene rings is 1. The standard InChI is InChI=1S/C15H15ClN2O4/c1-4-22-15(21)11-7(2)5-9-10(8(11)3)6-17-18-13(9)12(16)14(19)20/h5-6,12H,4H2,1-3H3,(H,19,20). The van der Waals surface area contributed by atoms with Crippen molar-refractivity contribution in [3.63, 3.8) is 0 Å². The normalized spacial score (nSPS) is 12.2. The molecule has 1 aromatic carbocycles. The molecule has 1 aromatic heterocycles. The number of esters is 1. The van der Waals surface area contributed by atoms with Crippen LogP contribution in [-0.2, 0) is 9.53 Å². The highest BCUT2D eigenvalue weighted by Crippen LogP contribution is 2.31. The van der Waals surface area contributed by atoms with Crippen LogP contribution < -0.4 is 0 Å². The number of carboxylic acid groups (broad SMARTS) is 1. The maximum Gasteiger partial charge on any atom is 0.338 e. The van der Waals surface area contributed by atoms with Gasteiger partial charge >= 0.3 is 11.9 Å². The topological polar surface area (TPSA) is 89.4 Å². The molecule has 1 atom stereocenters. The molecule has 2 rings (SSSR count). The summed E-state index contributed by atoms with van der Waals surface area (Å²) in [5.74, 6) is -1.62. The quantitative estimate of drug-likeness (QED) is 0.687. The Morgan fingerprint density at radius 2 is 2.05 bits per heavy atom. The number of fused-ring (bicyclic) bond motifs is 1. The Kier molecular flexibility index (Phi) is 4.61. The average Bonchev–Trinajstić information content (AvgIpc) is 2.46. The van der Waals surface area contributed by atoms with E-state index in [1.54, 1.807) is 26.8 Å². The van der Waals surface area contributed by atoms with Crippen LogP contribution in [0.4, 0.5) is 0 Å². The van der Waals surface area contributed by atoms with Crippen molar-refractivity contribution in [3.05, 3.63) is 34.6 Å². The average molecular weight is 323 g/mol. The molecule has 1 heterocycles.